The number of piperidine rings is 1. The molecule has 1 aromatic carbocycles. The van der Waals surface area contributed by atoms with Crippen molar-refractivity contribution in [1.82, 2.24) is 25.3 Å². The highest BCUT2D eigenvalue weighted by Gasteiger charge is 2.34. The fraction of sp³-hybridized carbons (Fsp3) is 0.524. The first-order valence-electron chi connectivity index (χ1n) is 10.3. The van der Waals surface area contributed by atoms with Gasteiger partial charge in [-0.15, -0.1) is 5.10 Å². The average molecular weight is 359 g/mol. The van der Waals surface area contributed by atoms with Crippen molar-refractivity contribution in [2.24, 2.45) is 11.8 Å². The van der Waals surface area contributed by atoms with E-state index in [1.165, 1.54) is 54.3 Å². The van der Waals surface area contributed by atoms with Crippen molar-refractivity contribution >= 4 is 24.3 Å². The minimum absolute atomic E-state index is 0.424. The molecule has 0 spiro atoms. The van der Waals surface area contributed by atoms with E-state index in [1.807, 2.05) is 4.68 Å². The molecule has 6 heteroatoms. The van der Waals surface area contributed by atoms with Crippen LogP contribution in [0.2, 0.25) is 0 Å². The number of aromatic nitrogens is 4. The third kappa shape index (κ3) is 3.31. The molecule has 3 unspecified atom stereocenters. The average Bonchev–Trinajstić information content (AvgIpc) is 3.29. The Morgan fingerprint density at radius 2 is 2.00 bits per heavy atom. The molecule has 0 bridgehead atoms. The van der Waals surface area contributed by atoms with E-state index in [1.54, 1.807) is 6.20 Å². The molecule has 2 aromatic heterocycles. The van der Waals surface area contributed by atoms with E-state index in [0.717, 1.165) is 31.3 Å². The van der Waals surface area contributed by atoms with Gasteiger partial charge >= 0.3 is 0 Å². The van der Waals surface area contributed by atoms with Gasteiger partial charge in [-0.1, -0.05) is 42.7 Å². The van der Waals surface area contributed by atoms with Gasteiger partial charge in [-0.3, -0.25) is 4.68 Å². The van der Waals surface area contributed by atoms with Crippen LogP contribution in [0, 0.1) is 11.8 Å². The van der Waals surface area contributed by atoms with Gasteiger partial charge in [0.25, 0.3) is 0 Å². The fourth-order valence-corrected chi connectivity index (χ4v) is 5.20. The fourth-order valence-electron chi connectivity index (χ4n) is 5.20. The van der Waals surface area contributed by atoms with Crippen LogP contribution in [0.15, 0.2) is 30.5 Å². The highest BCUT2D eigenvalue weighted by Crippen LogP contribution is 2.41. The number of para-hydroxylation sites is 1. The number of aromatic amines is 1. The Hall–Kier alpha value is -2.08. The topological polar surface area (TPSA) is 58.5 Å². The Balaban J connectivity index is 1.44. The van der Waals surface area contributed by atoms with Gasteiger partial charge in [-0.05, 0) is 49.3 Å². The minimum atomic E-state index is 0.424. The molecule has 3 atom stereocenters. The van der Waals surface area contributed by atoms with Crippen LogP contribution in [0.25, 0.3) is 10.9 Å². The van der Waals surface area contributed by atoms with Gasteiger partial charge < -0.3 is 10.3 Å². The summed E-state index contributed by atoms with van der Waals surface area (Å²) >= 11 is 0. The summed E-state index contributed by atoms with van der Waals surface area (Å²) in [5.74, 6) is 1.75. The van der Waals surface area contributed by atoms with Crippen LogP contribution in [-0.4, -0.2) is 34.4 Å². The summed E-state index contributed by atoms with van der Waals surface area (Å²) in [5.41, 5.74) is 4.49. The molecule has 138 valence electrons. The van der Waals surface area contributed by atoms with E-state index in [-0.39, 0.29) is 0 Å². The molecule has 2 aliphatic rings. The van der Waals surface area contributed by atoms with Crippen molar-refractivity contribution in [2.45, 2.75) is 51.1 Å². The number of hydrogen-bond donors (Lipinski definition) is 2. The predicted molar refractivity (Wildman–Crippen MR) is 108 cm³/mol. The molecule has 2 N–H and O–H groups in total. The van der Waals surface area contributed by atoms with Crippen molar-refractivity contribution in [2.75, 3.05) is 6.54 Å². The molecular weight excluding hydrogens is 333 g/mol. The molecule has 5 rings (SSSR count). The second-order valence-electron chi connectivity index (χ2n) is 8.22. The normalized spacial score (nSPS) is 25.6. The smallest absolute Gasteiger partial charge is 0.146 e. The maximum absolute atomic E-state index is 5.72. The maximum atomic E-state index is 5.72. The first kappa shape index (κ1) is 17.1. The third-order valence-electron chi connectivity index (χ3n) is 6.57. The molecule has 5 nitrogen and oxygen atoms in total. The highest BCUT2D eigenvalue weighted by molar-refractivity contribution is 6.30. The number of H-pyrrole nitrogens is 1. The van der Waals surface area contributed by atoms with Crippen LogP contribution in [-0.2, 0) is 13.0 Å². The SMILES string of the molecule is [B]c1cn(CCc2c(C3CC4CCCCC4CN3)[nH]c3ccccc23)nn1. The zero-order valence-electron chi connectivity index (χ0n) is 15.7. The summed E-state index contributed by atoms with van der Waals surface area (Å²) in [6, 6.07) is 9.07. The monoisotopic (exact) mass is 359 g/mol. The second-order valence-corrected chi connectivity index (χ2v) is 8.22. The van der Waals surface area contributed by atoms with Crippen LogP contribution in [0.3, 0.4) is 0 Å². The zero-order chi connectivity index (χ0) is 18.2. The molecule has 2 fully saturated rings. The Morgan fingerprint density at radius 3 is 2.85 bits per heavy atom. The van der Waals surface area contributed by atoms with Crippen molar-refractivity contribution in [3.63, 3.8) is 0 Å². The summed E-state index contributed by atoms with van der Waals surface area (Å²) in [7, 11) is 5.72. The van der Waals surface area contributed by atoms with E-state index in [9.17, 15) is 0 Å². The maximum Gasteiger partial charge on any atom is 0.146 e. The highest BCUT2D eigenvalue weighted by atomic mass is 15.4. The van der Waals surface area contributed by atoms with E-state index < -0.39 is 0 Å². The lowest BCUT2D eigenvalue weighted by molar-refractivity contribution is 0.153. The number of aryl methyl sites for hydroxylation is 2. The lowest BCUT2D eigenvalue weighted by Crippen LogP contribution is -2.40. The summed E-state index contributed by atoms with van der Waals surface area (Å²) in [5, 5.41) is 13.2. The van der Waals surface area contributed by atoms with Gasteiger partial charge in [0.05, 0.1) is 0 Å². The lowest BCUT2D eigenvalue weighted by Gasteiger charge is -2.40. The number of nitrogens with zero attached hydrogens (tertiary/aromatic N) is 3. The van der Waals surface area contributed by atoms with E-state index in [0.29, 0.717) is 11.6 Å². The summed E-state index contributed by atoms with van der Waals surface area (Å²) < 4.78 is 1.84. The number of benzene rings is 1. The molecule has 1 saturated heterocycles. The van der Waals surface area contributed by atoms with Gasteiger partial charge in [0, 0.05) is 41.0 Å². The van der Waals surface area contributed by atoms with Gasteiger partial charge in [0.2, 0.25) is 0 Å². The van der Waals surface area contributed by atoms with Crippen LogP contribution in [0.1, 0.15) is 49.4 Å². The first-order valence-corrected chi connectivity index (χ1v) is 10.3. The largest absolute Gasteiger partial charge is 0.357 e. The minimum Gasteiger partial charge on any atom is -0.357 e. The van der Waals surface area contributed by atoms with Crippen molar-refractivity contribution in [3.05, 3.63) is 41.7 Å². The lowest BCUT2D eigenvalue weighted by atomic mass is 9.73. The van der Waals surface area contributed by atoms with Crippen molar-refractivity contribution < 1.29 is 0 Å². The summed E-state index contributed by atoms with van der Waals surface area (Å²) in [4.78, 5) is 3.74. The number of nitrogens with one attached hydrogen (secondary N) is 2. The van der Waals surface area contributed by atoms with Crippen LogP contribution in [0.5, 0.6) is 0 Å². The van der Waals surface area contributed by atoms with Crippen molar-refractivity contribution in [1.29, 1.82) is 0 Å². The molecule has 0 amide bonds. The van der Waals surface area contributed by atoms with Gasteiger partial charge in [0.1, 0.15) is 7.85 Å². The number of rotatable bonds is 4. The Morgan fingerprint density at radius 1 is 1.15 bits per heavy atom. The second kappa shape index (κ2) is 7.15. The predicted octanol–water partition coefficient (Wildman–Crippen LogP) is 2.64. The summed E-state index contributed by atoms with van der Waals surface area (Å²) in [6.07, 6.45) is 9.59. The molecule has 1 aliphatic heterocycles. The molecule has 3 heterocycles. The molecule has 27 heavy (non-hydrogen) atoms. The Bertz CT molecular complexity index is 930. The zero-order valence-corrected chi connectivity index (χ0v) is 15.7. The molecular formula is C21H26BN5. The first-order chi connectivity index (χ1) is 13.3. The van der Waals surface area contributed by atoms with Crippen LogP contribution >= 0.6 is 0 Å². The molecule has 1 aliphatic carbocycles. The third-order valence-corrected chi connectivity index (χ3v) is 6.57. The van der Waals surface area contributed by atoms with E-state index in [4.69, 9.17) is 7.85 Å². The molecule has 1 saturated carbocycles. The molecule has 3 aromatic rings. The van der Waals surface area contributed by atoms with Crippen LogP contribution in [0.4, 0.5) is 0 Å². The Labute approximate surface area is 161 Å². The number of hydrogen-bond acceptors (Lipinski definition) is 3. The quantitative estimate of drug-likeness (QED) is 0.704. The van der Waals surface area contributed by atoms with Crippen molar-refractivity contribution in [3.8, 4) is 0 Å². The van der Waals surface area contributed by atoms with E-state index in [2.05, 4.69) is 44.9 Å². The van der Waals surface area contributed by atoms with Gasteiger partial charge in [0.15, 0.2) is 0 Å². The molecule has 2 radical (unpaired) electrons. The number of fused-ring (bicyclic) bond motifs is 2. The summed E-state index contributed by atoms with van der Waals surface area (Å²) in [6.45, 7) is 1.95. The van der Waals surface area contributed by atoms with Gasteiger partial charge in [-0.2, -0.15) is 0 Å². The van der Waals surface area contributed by atoms with E-state index >= 15 is 0 Å². The standard InChI is InChI=1S/C21H26BN5/c22-20-13-27(26-25-20)10-9-17-16-7-3-4-8-18(16)24-21(17)19-11-14-5-1-2-6-15(14)12-23-19/h3-4,7-8,13-15,19,23-24H,1-2,5-6,9-12H2. The van der Waals surface area contributed by atoms with Crippen LogP contribution < -0.4 is 10.9 Å². The Kier molecular flexibility index (Phi) is 4.52. The van der Waals surface area contributed by atoms with Gasteiger partial charge in [-0.25, -0.2) is 0 Å².